The van der Waals surface area contributed by atoms with E-state index >= 15 is 0 Å². The number of aryl methyl sites for hydroxylation is 2. The van der Waals surface area contributed by atoms with Crippen LogP contribution < -0.4 is 0 Å². The van der Waals surface area contributed by atoms with Gasteiger partial charge in [-0.3, -0.25) is 9.88 Å². The zero-order valence-corrected chi connectivity index (χ0v) is 15.0. The van der Waals surface area contributed by atoms with E-state index in [2.05, 4.69) is 51.5 Å². The molecule has 1 fully saturated rings. The number of aromatic nitrogens is 3. The van der Waals surface area contributed by atoms with Gasteiger partial charge in [-0.05, 0) is 44.5 Å². The van der Waals surface area contributed by atoms with Crippen molar-refractivity contribution in [3.63, 3.8) is 0 Å². The number of pyridine rings is 1. The molecule has 1 unspecified atom stereocenters. The molecular weight excluding hydrogens is 316 g/mol. The predicted octanol–water partition coefficient (Wildman–Crippen LogP) is 4.07. The van der Waals surface area contributed by atoms with Gasteiger partial charge in [0.15, 0.2) is 0 Å². The van der Waals surface area contributed by atoms with Gasteiger partial charge in [0.2, 0.25) is 0 Å². The minimum Gasteiger partial charge on any atom is -0.324 e. The smallest absolute Gasteiger partial charge is 0.141 e. The highest BCUT2D eigenvalue weighted by molar-refractivity contribution is 7.11. The zero-order valence-electron chi connectivity index (χ0n) is 14.1. The molecule has 3 aromatic rings. The Hall–Kier alpha value is -1.98. The SMILES string of the molecule is Cc1ccc(CN2CCC(n3c(C)cnc3-c3cccnc3)C2)s1. The summed E-state index contributed by atoms with van der Waals surface area (Å²) >= 11 is 1.91. The Morgan fingerprint density at radius 3 is 2.88 bits per heavy atom. The van der Waals surface area contributed by atoms with E-state index in [1.165, 1.54) is 21.9 Å². The second-order valence-electron chi connectivity index (χ2n) is 6.52. The van der Waals surface area contributed by atoms with Crippen molar-refractivity contribution in [3.8, 4) is 11.4 Å². The molecule has 0 saturated carbocycles. The molecule has 0 bridgehead atoms. The fourth-order valence-corrected chi connectivity index (χ4v) is 4.51. The van der Waals surface area contributed by atoms with Crippen LogP contribution in [0.3, 0.4) is 0 Å². The molecule has 4 heterocycles. The number of nitrogens with zero attached hydrogens (tertiary/aromatic N) is 4. The number of hydrogen-bond donors (Lipinski definition) is 0. The highest BCUT2D eigenvalue weighted by atomic mass is 32.1. The lowest BCUT2D eigenvalue weighted by Crippen LogP contribution is -2.21. The Balaban J connectivity index is 1.54. The van der Waals surface area contributed by atoms with E-state index in [0.717, 1.165) is 31.0 Å². The number of rotatable bonds is 4. The van der Waals surface area contributed by atoms with Crippen LogP contribution in [0.15, 0.2) is 42.9 Å². The first kappa shape index (κ1) is 15.5. The Morgan fingerprint density at radius 1 is 1.21 bits per heavy atom. The van der Waals surface area contributed by atoms with Crippen LogP contribution in [0.1, 0.15) is 27.9 Å². The summed E-state index contributed by atoms with van der Waals surface area (Å²) < 4.78 is 2.40. The highest BCUT2D eigenvalue weighted by Crippen LogP contribution is 2.30. The van der Waals surface area contributed by atoms with Gasteiger partial charge in [0.1, 0.15) is 5.82 Å². The maximum atomic E-state index is 4.65. The van der Waals surface area contributed by atoms with Crippen molar-refractivity contribution >= 4 is 11.3 Å². The van der Waals surface area contributed by atoms with E-state index in [-0.39, 0.29) is 0 Å². The second kappa shape index (κ2) is 6.49. The Labute approximate surface area is 146 Å². The molecule has 5 heteroatoms. The number of hydrogen-bond acceptors (Lipinski definition) is 4. The molecule has 1 saturated heterocycles. The van der Waals surface area contributed by atoms with Crippen LogP contribution in [0.25, 0.3) is 11.4 Å². The molecule has 4 nitrogen and oxygen atoms in total. The van der Waals surface area contributed by atoms with Crippen molar-refractivity contribution in [2.45, 2.75) is 32.9 Å². The molecule has 3 aromatic heterocycles. The predicted molar refractivity (Wildman–Crippen MR) is 98.2 cm³/mol. The van der Waals surface area contributed by atoms with Gasteiger partial charge in [0.25, 0.3) is 0 Å². The molecule has 1 atom stereocenters. The standard InChI is InChI=1S/C19H22N4S/c1-14-10-21-19(16-4-3-8-20-11-16)23(14)17-7-9-22(12-17)13-18-6-5-15(2)24-18/h3-6,8,10-11,17H,7,9,12-13H2,1-2H3. The van der Waals surface area contributed by atoms with Crippen LogP contribution in [0, 0.1) is 13.8 Å². The first-order valence-electron chi connectivity index (χ1n) is 8.42. The molecule has 0 N–H and O–H groups in total. The summed E-state index contributed by atoms with van der Waals surface area (Å²) in [5, 5.41) is 0. The average molecular weight is 338 g/mol. The van der Waals surface area contributed by atoms with E-state index in [1.54, 1.807) is 0 Å². The number of thiophene rings is 1. The van der Waals surface area contributed by atoms with E-state index in [9.17, 15) is 0 Å². The van der Waals surface area contributed by atoms with Gasteiger partial charge in [-0.25, -0.2) is 4.98 Å². The fraction of sp³-hybridized carbons (Fsp3) is 0.368. The van der Waals surface area contributed by atoms with Crippen molar-refractivity contribution in [1.29, 1.82) is 0 Å². The Kier molecular flexibility index (Phi) is 4.21. The largest absolute Gasteiger partial charge is 0.324 e. The summed E-state index contributed by atoms with van der Waals surface area (Å²) in [4.78, 5) is 14.3. The average Bonchev–Trinajstić information content (AvgIpc) is 3.29. The quantitative estimate of drug-likeness (QED) is 0.719. The summed E-state index contributed by atoms with van der Waals surface area (Å²) in [5.74, 6) is 1.04. The van der Waals surface area contributed by atoms with Gasteiger partial charge in [-0.1, -0.05) is 0 Å². The minimum absolute atomic E-state index is 0.490. The first-order chi connectivity index (χ1) is 11.7. The molecule has 4 rings (SSSR count). The van der Waals surface area contributed by atoms with Crippen molar-refractivity contribution in [2.75, 3.05) is 13.1 Å². The number of likely N-dealkylation sites (tertiary alicyclic amines) is 1. The lowest BCUT2D eigenvalue weighted by Gasteiger charge is -2.19. The van der Waals surface area contributed by atoms with Crippen molar-refractivity contribution in [2.24, 2.45) is 0 Å². The lowest BCUT2D eigenvalue weighted by molar-refractivity contribution is 0.318. The van der Waals surface area contributed by atoms with Crippen LogP contribution in [0.2, 0.25) is 0 Å². The topological polar surface area (TPSA) is 34.0 Å². The van der Waals surface area contributed by atoms with Crippen LogP contribution in [-0.2, 0) is 6.54 Å². The molecule has 0 amide bonds. The maximum Gasteiger partial charge on any atom is 0.141 e. The minimum atomic E-state index is 0.490. The first-order valence-corrected chi connectivity index (χ1v) is 9.24. The van der Waals surface area contributed by atoms with Crippen molar-refractivity contribution in [3.05, 3.63) is 58.3 Å². The summed E-state index contributed by atoms with van der Waals surface area (Å²) in [7, 11) is 0. The number of imidazole rings is 1. The molecule has 24 heavy (non-hydrogen) atoms. The molecule has 1 aliphatic rings. The molecular formula is C19H22N4S. The van der Waals surface area contributed by atoms with E-state index in [1.807, 2.05) is 36.0 Å². The molecule has 0 spiro atoms. The summed E-state index contributed by atoms with van der Waals surface area (Å²) in [6.45, 7) is 7.62. The molecule has 1 aliphatic heterocycles. The third-order valence-corrected chi connectivity index (χ3v) is 5.68. The lowest BCUT2D eigenvalue weighted by atomic mass is 10.2. The summed E-state index contributed by atoms with van der Waals surface area (Å²) in [6.07, 6.45) is 6.87. The van der Waals surface area contributed by atoms with Crippen LogP contribution in [-0.4, -0.2) is 32.5 Å². The van der Waals surface area contributed by atoms with Gasteiger partial charge < -0.3 is 4.57 Å². The van der Waals surface area contributed by atoms with Gasteiger partial charge in [-0.2, -0.15) is 0 Å². The molecule has 0 aromatic carbocycles. The highest BCUT2D eigenvalue weighted by Gasteiger charge is 2.27. The second-order valence-corrected chi connectivity index (χ2v) is 7.90. The summed E-state index contributed by atoms with van der Waals surface area (Å²) in [5.41, 5.74) is 2.32. The van der Waals surface area contributed by atoms with Gasteiger partial charge in [-0.15, -0.1) is 11.3 Å². The Bertz CT molecular complexity index is 821. The summed E-state index contributed by atoms with van der Waals surface area (Å²) in [6, 6.07) is 9.03. The molecule has 124 valence electrons. The van der Waals surface area contributed by atoms with E-state index in [0.29, 0.717) is 6.04 Å². The third kappa shape index (κ3) is 3.01. The maximum absolute atomic E-state index is 4.65. The van der Waals surface area contributed by atoms with E-state index in [4.69, 9.17) is 0 Å². The van der Waals surface area contributed by atoms with Crippen LogP contribution in [0.5, 0.6) is 0 Å². The van der Waals surface area contributed by atoms with E-state index < -0.39 is 0 Å². The monoisotopic (exact) mass is 338 g/mol. The third-order valence-electron chi connectivity index (χ3n) is 4.69. The van der Waals surface area contributed by atoms with Gasteiger partial charge >= 0.3 is 0 Å². The van der Waals surface area contributed by atoms with Gasteiger partial charge in [0.05, 0.1) is 0 Å². The molecule has 0 aliphatic carbocycles. The van der Waals surface area contributed by atoms with Crippen LogP contribution in [0.4, 0.5) is 0 Å². The van der Waals surface area contributed by atoms with Crippen molar-refractivity contribution < 1.29 is 0 Å². The fourth-order valence-electron chi connectivity index (χ4n) is 3.57. The normalized spacial score (nSPS) is 18.3. The zero-order chi connectivity index (χ0) is 16.5. The van der Waals surface area contributed by atoms with Crippen molar-refractivity contribution in [1.82, 2.24) is 19.4 Å². The molecule has 0 radical (unpaired) electrons. The van der Waals surface area contributed by atoms with Gasteiger partial charge in [0, 0.05) is 65.3 Å². The Morgan fingerprint density at radius 2 is 2.12 bits per heavy atom. The van der Waals surface area contributed by atoms with Crippen LogP contribution >= 0.6 is 11.3 Å².